The van der Waals surface area contributed by atoms with Crippen molar-refractivity contribution in [2.45, 2.75) is 70.9 Å². The van der Waals surface area contributed by atoms with Gasteiger partial charge in [-0.15, -0.1) is 0 Å². The van der Waals surface area contributed by atoms with Gasteiger partial charge in [0.15, 0.2) is 11.5 Å². The van der Waals surface area contributed by atoms with Crippen LogP contribution in [0.15, 0.2) is 34.9 Å². The third-order valence-corrected chi connectivity index (χ3v) is 5.01. The van der Waals surface area contributed by atoms with Gasteiger partial charge in [0, 0.05) is 24.2 Å². The van der Waals surface area contributed by atoms with Crippen LogP contribution in [0.5, 0.6) is 5.75 Å². The van der Waals surface area contributed by atoms with Gasteiger partial charge in [-0.2, -0.15) is 0 Å². The first kappa shape index (κ1) is 20.9. The minimum absolute atomic E-state index is 0.0150. The van der Waals surface area contributed by atoms with E-state index >= 15 is 0 Å². The Balaban J connectivity index is 1.45. The van der Waals surface area contributed by atoms with Crippen LogP contribution in [0, 0.1) is 0 Å². The van der Waals surface area contributed by atoms with E-state index in [1.807, 2.05) is 0 Å². The van der Waals surface area contributed by atoms with E-state index in [2.05, 4.69) is 22.7 Å². The Morgan fingerprint density at radius 3 is 2.66 bits per heavy atom. The van der Waals surface area contributed by atoms with Crippen molar-refractivity contribution >= 4 is 17.5 Å². The number of rotatable bonds is 9. The predicted molar refractivity (Wildman–Crippen MR) is 110 cm³/mol. The number of nitrogens with zero attached hydrogens (tertiary/aromatic N) is 1. The molecule has 1 saturated carbocycles. The summed E-state index contributed by atoms with van der Waals surface area (Å²) in [6, 6.07) is 8.99. The highest BCUT2D eigenvalue weighted by molar-refractivity contribution is 5.92. The number of aromatic nitrogens is 1. The number of amides is 2. The predicted octanol–water partition coefficient (Wildman–Crippen LogP) is 4.44. The molecule has 0 unspecified atom stereocenters. The summed E-state index contributed by atoms with van der Waals surface area (Å²) in [7, 11) is 0. The molecule has 7 heteroatoms. The molecule has 29 heavy (non-hydrogen) atoms. The first-order valence-corrected chi connectivity index (χ1v) is 10.4. The number of carbonyl (C=O) groups is 2. The van der Waals surface area contributed by atoms with Gasteiger partial charge in [0.05, 0.1) is 0 Å². The molecular weight excluding hydrogens is 370 g/mol. The monoisotopic (exact) mass is 399 g/mol. The molecule has 2 aromatic rings. The minimum atomic E-state index is -0.199. The Hall–Kier alpha value is -2.83. The molecule has 156 valence electrons. The van der Waals surface area contributed by atoms with E-state index in [1.54, 1.807) is 30.3 Å². The van der Waals surface area contributed by atoms with E-state index in [9.17, 15) is 9.59 Å². The fourth-order valence-corrected chi connectivity index (χ4v) is 3.34. The average Bonchev–Trinajstić information content (AvgIpc) is 3.22. The molecule has 0 saturated heterocycles. The van der Waals surface area contributed by atoms with Crippen molar-refractivity contribution in [1.82, 2.24) is 10.5 Å². The molecule has 2 amide bonds. The highest BCUT2D eigenvalue weighted by atomic mass is 16.5. The van der Waals surface area contributed by atoms with E-state index in [1.165, 1.54) is 6.42 Å². The SMILES string of the molecule is CCCCC(=O)Nc1ccc(OCc2cc(C(=O)NC3CCCCC3)no2)cc1. The van der Waals surface area contributed by atoms with Crippen LogP contribution in [0.25, 0.3) is 0 Å². The third-order valence-electron chi connectivity index (χ3n) is 5.01. The van der Waals surface area contributed by atoms with Gasteiger partial charge >= 0.3 is 0 Å². The second-order valence-electron chi connectivity index (χ2n) is 7.45. The van der Waals surface area contributed by atoms with Gasteiger partial charge in [0.1, 0.15) is 12.4 Å². The average molecular weight is 399 g/mol. The molecule has 1 aromatic carbocycles. The van der Waals surface area contributed by atoms with Crippen LogP contribution in [-0.4, -0.2) is 23.0 Å². The normalized spacial score (nSPS) is 14.4. The second-order valence-corrected chi connectivity index (χ2v) is 7.45. The second kappa shape index (κ2) is 10.6. The molecule has 1 aliphatic rings. The zero-order valence-electron chi connectivity index (χ0n) is 16.9. The lowest BCUT2D eigenvalue weighted by Crippen LogP contribution is -2.36. The lowest BCUT2D eigenvalue weighted by Gasteiger charge is -2.22. The van der Waals surface area contributed by atoms with Crippen LogP contribution in [0.2, 0.25) is 0 Å². The summed E-state index contributed by atoms with van der Waals surface area (Å²) in [5.41, 5.74) is 1.01. The van der Waals surface area contributed by atoms with Crippen molar-refractivity contribution in [3.05, 3.63) is 41.8 Å². The summed E-state index contributed by atoms with van der Waals surface area (Å²) in [4.78, 5) is 24.0. The van der Waals surface area contributed by atoms with Crippen LogP contribution in [0.4, 0.5) is 5.69 Å². The van der Waals surface area contributed by atoms with Gasteiger partial charge in [-0.1, -0.05) is 37.8 Å². The van der Waals surface area contributed by atoms with Crippen molar-refractivity contribution in [3.8, 4) is 5.75 Å². The Morgan fingerprint density at radius 1 is 1.17 bits per heavy atom. The van der Waals surface area contributed by atoms with E-state index in [-0.39, 0.29) is 30.2 Å². The smallest absolute Gasteiger partial charge is 0.273 e. The number of anilines is 1. The molecule has 3 rings (SSSR count). The van der Waals surface area contributed by atoms with Gasteiger partial charge in [-0.05, 0) is 43.5 Å². The van der Waals surface area contributed by atoms with Crippen molar-refractivity contribution in [3.63, 3.8) is 0 Å². The number of carbonyl (C=O) groups excluding carboxylic acids is 2. The van der Waals surface area contributed by atoms with E-state index in [4.69, 9.17) is 9.26 Å². The fourth-order valence-electron chi connectivity index (χ4n) is 3.34. The number of ether oxygens (including phenoxy) is 1. The Bertz CT molecular complexity index is 795. The zero-order chi connectivity index (χ0) is 20.5. The first-order valence-electron chi connectivity index (χ1n) is 10.4. The number of hydrogen-bond donors (Lipinski definition) is 2. The molecular formula is C22H29N3O4. The topological polar surface area (TPSA) is 93.5 Å². The lowest BCUT2D eigenvalue weighted by atomic mass is 9.95. The lowest BCUT2D eigenvalue weighted by molar-refractivity contribution is -0.116. The summed E-state index contributed by atoms with van der Waals surface area (Å²) in [5, 5.41) is 9.73. The van der Waals surface area contributed by atoms with Crippen molar-refractivity contribution in [1.29, 1.82) is 0 Å². The van der Waals surface area contributed by atoms with E-state index < -0.39 is 0 Å². The summed E-state index contributed by atoms with van der Waals surface area (Å²) in [6.07, 6.45) is 7.99. The van der Waals surface area contributed by atoms with Crippen molar-refractivity contribution < 1.29 is 18.8 Å². The molecule has 0 aliphatic heterocycles. The highest BCUT2D eigenvalue weighted by Gasteiger charge is 2.19. The van der Waals surface area contributed by atoms with Crippen molar-refractivity contribution in [2.24, 2.45) is 0 Å². The molecule has 1 aromatic heterocycles. The van der Waals surface area contributed by atoms with Crippen LogP contribution < -0.4 is 15.4 Å². The largest absolute Gasteiger partial charge is 0.486 e. The number of benzene rings is 1. The van der Waals surface area contributed by atoms with Gasteiger partial charge in [0.25, 0.3) is 5.91 Å². The summed E-state index contributed by atoms with van der Waals surface area (Å²) in [6.45, 7) is 2.23. The molecule has 2 N–H and O–H groups in total. The van der Waals surface area contributed by atoms with Crippen LogP contribution in [0.3, 0.4) is 0 Å². The summed E-state index contributed by atoms with van der Waals surface area (Å²) >= 11 is 0. The first-order chi connectivity index (χ1) is 14.1. The van der Waals surface area contributed by atoms with E-state index in [0.717, 1.165) is 44.2 Å². The van der Waals surface area contributed by atoms with Crippen LogP contribution in [-0.2, 0) is 11.4 Å². The fraction of sp³-hybridized carbons (Fsp3) is 0.500. The Kier molecular flexibility index (Phi) is 7.67. The number of nitrogens with one attached hydrogen (secondary N) is 2. The minimum Gasteiger partial charge on any atom is -0.486 e. The molecule has 0 atom stereocenters. The molecule has 1 fully saturated rings. The van der Waals surface area contributed by atoms with Gasteiger partial charge < -0.3 is 19.9 Å². The zero-order valence-corrected chi connectivity index (χ0v) is 16.9. The van der Waals surface area contributed by atoms with Crippen molar-refractivity contribution in [2.75, 3.05) is 5.32 Å². The standard InChI is InChI=1S/C22H29N3O4/c1-2-3-9-21(26)23-17-10-12-18(13-11-17)28-15-19-14-20(25-29-19)22(27)24-16-7-5-4-6-8-16/h10-14,16H,2-9,15H2,1H3,(H,23,26)(H,24,27). The van der Waals surface area contributed by atoms with Gasteiger partial charge in [0.2, 0.25) is 5.91 Å². The van der Waals surface area contributed by atoms with Crippen LogP contribution >= 0.6 is 0 Å². The molecule has 0 bridgehead atoms. The maximum Gasteiger partial charge on any atom is 0.273 e. The Labute approximate surface area is 171 Å². The summed E-state index contributed by atoms with van der Waals surface area (Å²) in [5.74, 6) is 0.938. The highest BCUT2D eigenvalue weighted by Crippen LogP contribution is 2.19. The molecule has 1 aliphatic carbocycles. The summed E-state index contributed by atoms with van der Waals surface area (Å²) < 4.78 is 10.9. The van der Waals surface area contributed by atoms with Gasteiger partial charge in [-0.25, -0.2) is 0 Å². The maximum absolute atomic E-state index is 12.3. The quantitative estimate of drug-likeness (QED) is 0.650. The van der Waals surface area contributed by atoms with Crippen LogP contribution in [0.1, 0.15) is 74.5 Å². The third kappa shape index (κ3) is 6.62. The van der Waals surface area contributed by atoms with Gasteiger partial charge in [-0.3, -0.25) is 9.59 Å². The molecule has 1 heterocycles. The molecule has 0 radical (unpaired) electrons. The molecule has 0 spiro atoms. The Morgan fingerprint density at radius 2 is 1.93 bits per heavy atom. The van der Waals surface area contributed by atoms with E-state index in [0.29, 0.717) is 17.9 Å². The number of hydrogen-bond acceptors (Lipinski definition) is 5. The molecule has 7 nitrogen and oxygen atoms in total. The number of unbranched alkanes of at least 4 members (excludes halogenated alkanes) is 1. The maximum atomic E-state index is 12.3.